The van der Waals surface area contributed by atoms with Crippen LogP contribution in [0.3, 0.4) is 0 Å². The molecule has 4 aromatic carbocycles. The molecule has 0 saturated heterocycles. The number of hydrogen-bond donors (Lipinski definition) is 0. The Morgan fingerprint density at radius 2 is 1.00 bits per heavy atom. The van der Waals surface area contributed by atoms with Crippen molar-refractivity contribution >= 4 is 17.1 Å². The first-order valence-corrected chi connectivity index (χ1v) is 14.9. The summed E-state index contributed by atoms with van der Waals surface area (Å²) in [5, 5.41) is 0. The van der Waals surface area contributed by atoms with Gasteiger partial charge in [-0.2, -0.15) is 13.2 Å². The smallest absolute Gasteiger partial charge is 0.311 e. The van der Waals surface area contributed by atoms with Crippen LogP contribution in [0.1, 0.15) is 63.8 Å². The molecule has 1 heterocycles. The molecule has 0 aliphatic carbocycles. The molecule has 0 radical (unpaired) electrons. The van der Waals surface area contributed by atoms with Crippen molar-refractivity contribution in [3.05, 3.63) is 132 Å². The van der Waals surface area contributed by atoms with E-state index in [0.29, 0.717) is 11.3 Å². The lowest BCUT2D eigenvalue weighted by atomic mass is 9.86. The van der Waals surface area contributed by atoms with Gasteiger partial charge in [-0.15, -0.1) is 0 Å². The highest BCUT2D eigenvalue weighted by atomic mass is 19.4. The zero-order valence-electron chi connectivity index (χ0n) is 26.4. The Morgan fingerprint density at radius 3 is 1.41 bits per heavy atom. The van der Waals surface area contributed by atoms with Crippen molar-refractivity contribution in [2.45, 2.75) is 65.5 Å². The number of benzene rings is 4. The summed E-state index contributed by atoms with van der Waals surface area (Å²) in [5.74, 6) is 0. The highest BCUT2D eigenvalue weighted by molar-refractivity contribution is 5.79. The van der Waals surface area contributed by atoms with Gasteiger partial charge in [0.05, 0.1) is 11.3 Å². The topological polar surface area (TPSA) is 16.1 Å². The second-order valence-electron chi connectivity index (χ2n) is 13.5. The largest absolute Gasteiger partial charge is 0.417 e. The lowest BCUT2D eigenvalue weighted by Crippen LogP contribution is -2.14. The van der Waals surface area contributed by atoms with E-state index in [9.17, 15) is 13.2 Å². The summed E-state index contributed by atoms with van der Waals surface area (Å²) in [6, 6.07) is 33.4. The third kappa shape index (κ3) is 6.72. The fraction of sp³-hybridized carbons (Fsp3) is 0.256. The van der Waals surface area contributed by atoms with Crippen LogP contribution >= 0.6 is 0 Å². The molecule has 0 fully saturated rings. The Labute approximate surface area is 259 Å². The molecule has 5 heteroatoms. The molecule has 0 saturated carbocycles. The van der Waals surface area contributed by atoms with E-state index in [1.54, 1.807) is 25.3 Å². The van der Waals surface area contributed by atoms with Crippen molar-refractivity contribution in [2.24, 2.45) is 0 Å². The number of nitrogens with zero attached hydrogens (tertiary/aromatic N) is 2. The summed E-state index contributed by atoms with van der Waals surface area (Å²) < 4.78 is 41.2. The zero-order chi connectivity index (χ0) is 31.9. The van der Waals surface area contributed by atoms with Gasteiger partial charge >= 0.3 is 6.18 Å². The number of rotatable bonds is 5. The highest BCUT2D eigenvalue weighted by Crippen LogP contribution is 2.39. The average Bonchev–Trinajstić information content (AvgIpc) is 2.97. The molecule has 44 heavy (non-hydrogen) atoms. The summed E-state index contributed by atoms with van der Waals surface area (Å²) in [6.07, 6.45) is -2.82. The van der Waals surface area contributed by atoms with Crippen LogP contribution in [0.4, 0.5) is 30.2 Å². The number of hydrogen-bond acceptors (Lipinski definition) is 2. The van der Waals surface area contributed by atoms with Crippen molar-refractivity contribution in [1.82, 2.24) is 4.98 Å². The van der Waals surface area contributed by atoms with E-state index < -0.39 is 11.7 Å². The number of pyridine rings is 1. The Kier molecular flexibility index (Phi) is 8.19. The molecule has 0 aliphatic rings. The van der Waals surface area contributed by atoms with Crippen LogP contribution in [0.25, 0.3) is 22.4 Å². The summed E-state index contributed by atoms with van der Waals surface area (Å²) in [5.41, 5.74) is 7.76. The molecule has 5 rings (SSSR count). The van der Waals surface area contributed by atoms with Crippen LogP contribution in [-0.2, 0) is 17.0 Å². The minimum Gasteiger partial charge on any atom is -0.311 e. The predicted molar refractivity (Wildman–Crippen MR) is 177 cm³/mol. The van der Waals surface area contributed by atoms with Crippen LogP contribution in [0.2, 0.25) is 0 Å². The number of alkyl halides is 3. The van der Waals surface area contributed by atoms with E-state index in [2.05, 4.69) is 112 Å². The Bertz CT molecular complexity index is 1660. The van der Waals surface area contributed by atoms with Crippen molar-refractivity contribution in [2.75, 3.05) is 4.90 Å². The number of aryl methyl sites for hydroxylation is 1. The molecule has 226 valence electrons. The number of aromatic nitrogens is 1. The highest BCUT2D eigenvalue weighted by Gasteiger charge is 2.34. The lowest BCUT2D eigenvalue weighted by Gasteiger charge is -2.28. The van der Waals surface area contributed by atoms with E-state index in [0.717, 1.165) is 28.2 Å². The molecule has 0 amide bonds. The average molecular weight is 593 g/mol. The van der Waals surface area contributed by atoms with Crippen LogP contribution in [-0.4, -0.2) is 4.98 Å². The first kappa shape index (κ1) is 31.1. The van der Waals surface area contributed by atoms with Crippen LogP contribution in [0.15, 0.2) is 109 Å². The maximum atomic E-state index is 13.7. The van der Waals surface area contributed by atoms with E-state index in [-0.39, 0.29) is 16.4 Å². The summed E-state index contributed by atoms with van der Waals surface area (Å²) in [4.78, 5) is 6.66. The van der Waals surface area contributed by atoms with Crippen LogP contribution in [0, 0.1) is 6.92 Å². The maximum Gasteiger partial charge on any atom is 0.417 e. The summed E-state index contributed by atoms with van der Waals surface area (Å²) in [6.45, 7) is 14.9. The van der Waals surface area contributed by atoms with Crippen molar-refractivity contribution in [3.63, 3.8) is 0 Å². The Hall–Kier alpha value is -4.38. The molecular weight excluding hydrogens is 553 g/mol. The normalized spacial score (nSPS) is 12.3. The van der Waals surface area contributed by atoms with E-state index in [1.807, 2.05) is 18.2 Å². The third-order valence-electron chi connectivity index (χ3n) is 7.96. The van der Waals surface area contributed by atoms with Gasteiger partial charge in [-0.05, 0) is 83.0 Å². The molecule has 5 aromatic rings. The molecule has 0 spiro atoms. The van der Waals surface area contributed by atoms with Gasteiger partial charge in [-0.1, -0.05) is 102 Å². The van der Waals surface area contributed by atoms with Crippen molar-refractivity contribution < 1.29 is 13.2 Å². The van der Waals surface area contributed by atoms with Gasteiger partial charge in [-0.25, -0.2) is 0 Å². The van der Waals surface area contributed by atoms with Crippen LogP contribution in [0.5, 0.6) is 0 Å². The van der Waals surface area contributed by atoms with Gasteiger partial charge in [0, 0.05) is 34.4 Å². The van der Waals surface area contributed by atoms with E-state index >= 15 is 0 Å². The van der Waals surface area contributed by atoms with Gasteiger partial charge in [0.25, 0.3) is 0 Å². The first-order chi connectivity index (χ1) is 20.6. The Balaban J connectivity index is 1.48. The Morgan fingerprint density at radius 1 is 0.545 bits per heavy atom. The standard InChI is InChI=1S/C39H39F3N2/c1-26-8-22-34(35(24-26)39(40,41)42)36-23-11-28(25-43-36)27-9-16-31(17-10-27)44(32-18-12-29(13-19-32)37(2,3)4)33-20-14-30(15-21-33)38(5,6)7/h8-25H,1-7H3. The summed E-state index contributed by atoms with van der Waals surface area (Å²) in [7, 11) is 0. The van der Waals surface area contributed by atoms with Gasteiger partial charge in [0.15, 0.2) is 0 Å². The summed E-state index contributed by atoms with van der Waals surface area (Å²) >= 11 is 0. The molecular formula is C39H39F3N2. The van der Waals surface area contributed by atoms with Crippen molar-refractivity contribution in [3.8, 4) is 22.4 Å². The molecule has 0 aliphatic heterocycles. The molecule has 1 aromatic heterocycles. The van der Waals surface area contributed by atoms with Crippen molar-refractivity contribution in [1.29, 1.82) is 0 Å². The third-order valence-corrected chi connectivity index (χ3v) is 7.96. The molecule has 2 nitrogen and oxygen atoms in total. The second-order valence-corrected chi connectivity index (χ2v) is 13.5. The first-order valence-electron chi connectivity index (χ1n) is 14.9. The molecule has 0 atom stereocenters. The predicted octanol–water partition coefficient (Wildman–Crippen LogP) is 11.8. The quantitative estimate of drug-likeness (QED) is 0.202. The molecule has 0 bridgehead atoms. The minimum absolute atomic E-state index is 0.0523. The van der Waals surface area contributed by atoms with Gasteiger partial charge in [0.2, 0.25) is 0 Å². The SMILES string of the molecule is Cc1ccc(-c2ccc(-c3ccc(N(c4ccc(C(C)(C)C)cc4)c4ccc(C(C)(C)C)cc4)cc3)cn2)c(C(F)(F)F)c1. The zero-order valence-corrected chi connectivity index (χ0v) is 26.4. The lowest BCUT2D eigenvalue weighted by molar-refractivity contribution is -0.137. The number of halogens is 3. The van der Waals surface area contributed by atoms with E-state index in [4.69, 9.17) is 0 Å². The fourth-order valence-corrected chi connectivity index (χ4v) is 5.31. The minimum atomic E-state index is -4.45. The molecule has 0 N–H and O–H groups in total. The maximum absolute atomic E-state index is 13.7. The van der Waals surface area contributed by atoms with Gasteiger partial charge < -0.3 is 4.90 Å². The van der Waals surface area contributed by atoms with Gasteiger partial charge in [-0.3, -0.25) is 4.98 Å². The van der Waals surface area contributed by atoms with E-state index in [1.165, 1.54) is 23.3 Å². The fourth-order valence-electron chi connectivity index (χ4n) is 5.31. The van der Waals surface area contributed by atoms with Crippen LogP contribution < -0.4 is 4.90 Å². The number of anilines is 3. The monoisotopic (exact) mass is 592 g/mol. The molecule has 0 unspecified atom stereocenters. The van der Waals surface area contributed by atoms with Gasteiger partial charge in [0.1, 0.15) is 0 Å². The second kappa shape index (κ2) is 11.6.